The number of hydrogen-bond acceptors (Lipinski definition) is 4. The third-order valence-corrected chi connectivity index (χ3v) is 4.29. The lowest BCUT2D eigenvalue weighted by atomic mass is 10.00. The number of rotatable bonds is 7. The van der Waals surface area contributed by atoms with Crippen LogP contribution in [0.25, 0.3) is 0 Å². The molecule has 6 nitrogen and oxygen atoms in total. The summed E-state index contributed by atoms with van der Waals surface area (Å²) in [5, 5.41) is 5.64. The highest BCUT2D eigenvalue weighted by atomic mass is 16.5. The Kier molecular flexibility index (Phi) is 7.21. The van der Waals surface area contributed by atoms with Crippen molar-refractivity contribution in [2.24, 2.45) is 0 Å². The molecule has 1 aliphatic rings. The van der Waals surface area contributed by atoms with Crippen LogP contribution in [0.5, 0.6) is 0 Å². The number of benzene rings is 1. The number of likely N-dealkylation sites (tertiary alicyclic amines) is 1. The standard InChI is InChI=1S/C18H27N3O3/c1-3-16-6-4-5-11-21(16)12-17(22)19-14-7-9-15(10-8-14)20-18(23)13-24-2/h7-10,16H,3-6,11-13H2,1-2H3,(H,19,22)(H,20,23). The smallest absolute Gasteiger partial charge is 0.250 e. The third kappa shape index (κ3) is 5.62. The summed E-state index contributed by atoms with van der Waals surface area (Å²) in [4.78, 5) is 26.0. The van der Waals surface area contributed by atoms with Gasteiger partial charge in [-0.25, -0.2) is 0 Å². The molecule has 6 heteroatoms. The molecule has 0 aliphatic carbocycles. The zero-order chi connectivity index (χ0) is 17.4. The number of piperidine rings is 1. The van der Waals surface area contributed by atoms with E-state index in [1.807, 2.05) is 0 Å². The van der Waals surface area contributed by atoms with Gasteiger partial charge in [0.25, 0.3) is 0 Å². The molecule has 1 aliphatic heterocycles. The zero-order valence-corrected chi connectivity index (χ0v) is 14.5. The second-order valence-corrected chi connectivity index (χ2v) is 6.14. The minimum atomic E-state index is -0.204. The number of nitrogens with zero attached hydrogens (tertiary/aromatic N) is 1. The van der Waals surface area contributed by atoms with Crippen LogP contribution in [-0.4, -0.2) is 49.6 Å². The summed E-state index contributed by atoms with van der Waals surface area (Å²) in [5.74, 6) is -0.198. The number of hydrogen-bond donors (Lipinski definition) is 2. The molecule has 1 heterocycles. The molecule has 2 rings (SSSR count). The maximum Gasteiger partial charge on any atom is 0.250 e. The summed E-state index contributed by atoms with van der Waals surface area (Å²) >= 11 is 0. The summed E-state index contributed by atoms with van der Waals surface area (Å²) in [5.41, 5.74) is 1.41. The first-order valence-electron chi connectivity index (χ1n) is 8.55. The van der Waals surface area contributed by atoms with Gasteiger partial charge in [-0.15, -0.1) is 0 Å². The van der Waals surface area contributed by atoms with E-state index in [9.17, 15) is 9.59 Å². The Hall–Kier alpha value is -1.92. The van der Waals surface area contributed by atoms with Crippen molar-refractivity contribution in [3.63, 3.8) is 0 Å². The van der Waals surface area contributed by atoms with Crippen LogP contribution < -0.4 is 10.6 Å². The molecule has 1 saturated heterocycles. The molecule has 0 aromatic heterocycles. The number of nitrogens with one attached hydrogen (secondary N) is 2. The van der Waals surface area contributed by atoms with Gasteiger partial charge in [-0.05, 0) is 50.1 Å². The van der Waals surface area contributed by atoms with E-state index in [-0.39, 0.29) is 18.4 Å². The summed E-state index contributed by atoms with van der Waals surface area (Å²) in [6, 6.07) is 7.61. The molecule has 1 aromatic carbocycles. The maximum atomic E-state index is 12.3. The molecule has 2 N–H and O–H groups in total. The van der Waals surface area contributed by atoms with Crippen molar-refractivity contribution in [3.8, 4) is 0 Å². The summed E-state index contributed by atoms with van der Waals surface area (Å²) in [6.45, 7) is 3.63. The summed E-state index contributed by atoms with van der Waals surface area (Å²) in [7, 11) is 1.48. The first-order chi connectivity index (χ1) is 11.6. The van der Waals surface area contributed by atoms with E-state index in [1.165, 1.54) is 26.4 Å². The van der Waals surface area contributed by atoms with Crippen LogP contribution in [0.4, 0.5) is 11.4 Å². The van der Waals surface area contributed by atoms with Crippen LogP contribution in [0.3, 0.4) is 0 Å². The van der Waals surface area contributed by atoms with Crippen LogP contribution in [-0.2, 0) is 14.3 Å². The van der Waals surface area contributed by atoms with Crippen molar-refractivity contribution >= 4 is 23.2 Å². The highest BCUT2D eigenvalue weighted by Gasteiger charge is 2.22. The van der Waals surface area contributed by atoms with Gasteiger partial charge in [0.1, 0.15) is 6.61 Å². The van der Waals surface area contributed by atoms with Crippen molar-refractivity contribution in [1.29, 1.82) is 0 Å². The molecule has 1 fully saturated rings. The van der Waals surface area contributed by atoms with E-state index in [4.69, 9.17) is 4.74 Å². The van der Waals surface area contributed by atoms with Crippen LogP contribution >= 0.6 is 0 Å². The maximum absolute atomic E-state index is 12.3. The van der Waals surface area contributed by atoms with E-state index in [2.05, 4.69) is 22.5 Å². The highest BCUT2D eigenvalue weighted by Crippen LogP contribution is 2.19. The van der Waals surface area contributed by atoms with Crippen molar-refractivity contribution in [2.45, 2.75) is 38.6 Å². The average Bonchev–Trinajstić information content (AvgIpc) is 2.57. The Morgan fingerprint density at radius 2 is 1.75 bits per heavy atom. The fourth-order valence-corrected chi connectivity index (χ4v) is 3.08. The first-order valence-corrected chi connectivity index (χ1v) is 8.55. The van der Waals surface area contributed by atoms with Crippen molar-refractivity contribution in [2.75, 3.05) is 37.4 Å². The van der Waals surface area contributed by atoms with Gasteiger partial charge in [-0.1, -0.05) is 13.3 Å². The van der Waals surface area contributed by atoms with Crippen molar-refractivity contribution < 1.29 is 14.3 Å². The Bertz CT molecular complexity index is 545. The number of ether oxygens (including phenoxy) is 1. The lowest BCUT2D eigenvalue weighted by molar-refractivity contribution is -0.120. The van der Waals surface area contributed by atoms with E-state index >= 15 is 0 Å². The Balaban J connectivity index is 1.84. The van der Waals surface area contributed by atoms with Gasteiger partial charge in [-0.2, -0.15) is 0 Å². The molecular weight excluding hydrogens is 306 g/mol. The molecule has 0 radical (unpaired) electrons. The second kappa shape index (κ2) is 9.39. The zero-order valence-electron chi connectivity index (χ0n) is 14.5. The first kappa shape index (κ1) is 18.4. The lowest BCUT2D eigenvalue weighted by Crippen LogP contribution is -2.43. The fraction of sp³-hybridized carbons (Fsp3) is 0.556. The van der Waals surface area contributed by atoms with Gasteiger partial charge in [-0.3, -0.25) is 14.5 Å². The molecule has 0 bridgehead atoms. The third-order valence-electron chi connectivity index (χ3n) is 4.29. The minimum absolute atomic E-state index is 0.00604. The minimum Gasteiger partial charge on any atom is -0.375 e. The lowest BCUT2D eigenvalue weighted by Gasteiger charge is -2.34. The fourth-order valence-electron chi connectivity index (χ4n) is 3.08. The van der Waals surface area contributed by atoms with E-state index in [0.717, 1.165) is 18.7 Å². The van der Waals surface area contributed by atoms with E-state index in [0.29, 0.717) is 18.3 Å². The Labute approximate surface area is 143 Å². The highest BCUT2D eigenvalue weighted by molar-refractivity contribution is 5.94. The van der Waals surface area contributed by atoms with Gasteiger partial charge >= 0.3 is 0 Å². The topological polar surface area (TPSA) is 70.7 Å². The number of carbonyl (C=O) groups excluding carboxylic acids is 2. The molecule has 1 unspecified atom stereocenters. The van der Waals surface area contributed by atoms with Crippen LogP contribution in [0.1, 0.15) is 32.6 Å². The number of carbonyl (C=O) groups is 2. The number of anilines is 2. The van der Waals surface area contributed by atoms with Gasteiger partial charge in [0.05, 0.1) is 6.54 Å². The molecule has 24 heavy (non-hydrogen) atoms. The van der Waals surface area contributed by atoms with Gasteiger partial charge < -0.3 is 15.4 Å². The SMILES string of the molecule is CCC1CCCCN1CC(=O)Nc1ccc(NC(=O)COC)cc1. The van der Waals surface area contributed by atoms with Crippen molar-refractivity contribution in [1.82, 2.24) is 4.90 Å². The summed E-state index contributed by atoms with van der Waals surface area (Å²) < 4.78 is 4.77. The molecule has 0 spiro atoms. The predicted molar refractivity (Wildman–Crippen MR) is 95.1 cm³/mol. The second-order valence-electron chi connectivity index (χ2n) is 6.14. The predicted octanol–water partition coefficient (Wildman–Crippen LogP) is 2.47. The van der Waals surface area contributed by atoms with Crippen LogP contribution in [0.2, 0.25) is 0 Å². The molecule has 0 saturated carbocycles. The summed E-state index contributed by atoms with van der Waals surface area (Å²) in [6.07, 6.45) is 4.69. The monoisotopic (exact) mass is 333 g/mol. The molecule has 132 valence electrons. The normalized spacial score (nSPS) is 18.2. The largest absolute Gasteiger partial charge is 0.375 e. The Morgan fingerprint density at radius 1 is 1.12 bits per heavy atom. The molecule has 2 amide bonds. The average molecular weight is 333 g/mol. The molecule has 1 aromatic rings. The van der Waals surface area contributed by atoms with Crippen molar-refractivity contribution in [3.05, 3.63) is 24.3 Å². The van der Waals surface area contributed by atoms with Gasteiger partial charge in [0.15, 0.2) is 0 Å². The molecule has 1 atom stereocenters. The quantitative estimate of drug-likeness (QED) is 0.804. The van der Waals surface area contributed by atoms with Gasteiger partial charge in [0, 0.05) is 24.5 Å². The number of methoxy groups -OCH3 is 1. The molecular formula is C18H27N3O3. The van der Waals surface area contributed by atoms with Crippen LogP contribution in [0, 0.1) is 0 Å². The van der Waals surface area contributed by atoms with E-state index in [1.54, 1.807) is 24.3 Å². The van der Waals surface area contributed by atoms with E-state index < -0.39 is 0 Å². The van der Waals surface area contributed by atoms with Crippen LogP contribution in [0.15, 0.2) is 24.3 Å². The van der Waals surface area contributed by atoms with Gasteiger partial charge in [0.2, 0.25) is 11.8 Å². The Morgan fingerprint density at radius 3 is 2.33 bits per heavy atom. The number of amides is 2.